The van der Waals surface area contributed by atoms with Gasteiger partial charge < -0.3 is 9.13 Å². The van der Waals surface area contributed by atoms with Crippen molar-refractivity contribution >= 4 is 76.7 Å². The van der Waals surface area contributed by atoms with Crippen LogP contribution < -0.4 is 0 Å². The van der Waals surface area contributed by atoms with Gasteiger partial charge in [-0.15, -0.1) is 0 Å². The van der Waals surface area contributed by atoms with Crippen LogP contribution in [0.15, 0.2) is 234 Å². The van der Waals surface area contributed by atoms with Crippen LogP contribution in [0.25, 0.3) is 87.7 Å². The van der Waals surface area contributed by atoms with Gasteiger partial charge in [0.05, 0.1) is 33.8 Å². The van der Waals surface area contributed by atoms with Crippen molar-refractivity contribution in [3.8, 4) is 22.5 Å². The maximum absolute atomic E-state index is 5.45. The summed E-state index contributed by atoms with van der Waals surface area (Å²) in [6.07, 6.45) is 0.910. The number of para-hydroxylation sites is 1. The average molecular weight is 845 g/mol. The Labute approximate surface area is 383 Å². The number of amidine groups is 1. The zero-order chi connectivity index (χ0) is 43.7. The maximum atomic E-state index is 5.45. The molecule has 312 valence electrons. The summed E-state index contributed by atoms with van der Waals surface area (Å²) in [7, 11) is 0. The lowest BCUT2D eigenvalue weighted by Gasteiger charge is -2.30. The van der Waals surface area contributed by atoms with E-state index in [2.05, 4.69) is 241 Å². The van der Waals surface area contributed by atoms with Gasteiger partial charge in [-0.2, -0.15) is 0 Å². The van der Waals surface area contributed by atoms with Gasteiger partial charge >= 0.3 is 0 Å². The summed E-state index contributed by atoms with van der Waals surface area (Å²) >= 11 is 0. The Kier molecular flexibility index (Phi) is 8.92. The third-order valence-electron chi connectivity index (χ3n) is 13.9. The van der Waals surface area contributed by atoms with Gasteiger partial charge in [0.1, 0.15) is 0 Å². The van der Waals surface area contributed by atoms with Gasteiger partial charge in [-0.3, -0.25) is 4.99 Å². The molecule has 10 aromatic carbocycles. The number of fused-ring (bicyclic) bond motifs is 9. The first kappa shape index (κ1) is 38.1. The van der Waals surface area contributed by atoms with Gasteiger partial charge in [-0.25, -0.2) is 4.99 Å². The predicted molar refractivity (Wildman–Crippen MR) is 278 cm³/mol. The lowest BCUT2D eigenvalue weighted by Crippen LogP contribution is -2.28. The average Bonchev–Trinajstić information content (AvgIpc) is 3.89. The standard InChI is InChI=1S/C62H44N4/c1-2-48-60(42-21-9-4-10-22-42)63-62(43-23-11-5-12-24-43)64-61(48)52-29-17-25-45-36-47(32-34-49(45)52)66-56-37-44(40-18-7-3-8-19-40)30-33-51(56)53-38-54-58(39-57(53)66)65(46-26-13-6-14-27-46)55-35-31-41-20-15-16-28-50(41)59(54)55/h3-39,48,60H,2H2,1H3. The SMILES string of the molecule is CCC1C(c2cccc3cc(-n4c5cc(-c6ccccc6)ccc5c5cc6c7c8ccccc8ccc7n(-c7ccccc7)c6cc54)ccc23)=NC(c2ccccc2)=NC1c1ccccc1. The molecule has 4 nitrogen and oxygen atoms in total. The van der Waals surface area contributed by atoms with Crippen LogP contribution in [0.3, 0.4) is 0 Å². The molecule has 1 aliphatic rings. The largest absolute Gasteiger partial charge is 0.309 e. The van der Waals surface area contributed by atoms with E-state index in [1.807, 2.05) is 0 Å². The molecule has 2 unspecified atom stereocenters. The highest BCUT2D eigenvalue weighted by Crippen LogP contribution is 2.44. The smallest absolute Gasteiger partial charge is 0.155 e. The highest BCUT2D eigenvalue weighted by atomic mass is 15.0. The summed E-state index contributed by atoms with van der Waals surface area (Å²) in [5, 5.41) is 9.84. The first-order valence-electron chi connectivity index (χ1n) is 23.1. The minimum Gasteiger partial charge on any atom is -0.309 e. The van der Waals surface area contributed by atoms with Gasteiger partial charge in [-0.1, -0.05) is 183 Å². The van der Waals surface area contributed by atoms with E-state index in [0.717, 1.165) is 40.5 Å². The van der Waals surface area contributed by atoms with Crippen molar-refractivity contribution in [1.29, 1.82) is 0 Å². The fraction of sp³-hybridized carbons (Fsp3) is 0.0645. The van der Waals surface area contributed by atoms with Crippen molar-refractivity contribution in [3.05, 3.63) is 241 Å². The monoisotopic (exact) mass is 844 g/mol. The molecule has 4 heteroatoms. The Morgan fingerprint density at radius 3 is 1.85 bits per heavy atom. The summed E-state index contributed by atoms with van der Waals surface area (Å²) in [4.78, 5) is 10.8. The molecule has 0 saturated carbocycles. The van der Waals surface area contributed by atoms with Crippen LogP contribution in [0.4, 0.5) is 0 Å². The van der Waals surface area contributed by atoms with Gasteiger partial charge in [-0.05, 0) is 93.2 Å². The summed E-state index contributed by atoms with van der Waals surface area (Å²) in [5.74, 6) is 0.888. The van der Waals surface area contributed by atoms with E-state index in [0.29, 0.717) is 0 Å². The molecule has 0 aliphatic carbocycles. The molecule has 0 spiro atoms. The van der Waals surface area contributed by atoms with Crippen LogP contribution in [-0.2, 0) is 0 Å². The molecule has 2 atom stereocenters. The maximum Gasteiger partial charge on any atom is 0.155 e. The second kappa shape index (κ2) is 15.4. The molecule has 0 saturated heterocycles. The first-order valence-corrected chi connectivity index (χ1v) is 23.1. The fourth-order valence-corrected chi connectivity index (χ4v) is 10.8. The van der Waals surface area contributed by atoms with Crippen molar-refractivity contribution in [2.24, 2.45) is 15.9 Å². The van der Waals surface area contributed by atoms with Crippen LogP contribution in [-0.4, -0.2) is 20.7 Å². The molecule has 1 aliphatic heterocycles. The van der Waals surface area contributed by atoms with Crippen LogP contribution >= 0.6 is 0 Å². The number of rotatable bonds is 7. The normalized spacial score (nSPS) is 15.3. The lowest BCUT2D eigenvalue weighted by molar-refractivity contribution is 0.533. The molecule has 66 heavy (non-hydrogen) atoms. The van der Waals surface area contributed by atoms with Crippen molar-refractivity contribution in [2.75, 3.05) is 0 Å². The summed E-state index contributed by atoms with van der Waals surface area (Å²) < 4.78 is 4.94. The second-order valence-electron chi connectivity index (χ2n) is 17.6. The number of nitrogens with zero attached hydrogens (tertiary/aromatic N) is 4. The minimum absolute atomic E-state index is 0.0499. The van der Waals surface area contributed by atoms with Gasteiger partial charge in [0.2, 0.25) is 0 Å². The summed E-state index contributed by atoms with van der Waals surface area (Å²) in [6, 6.07) is 81.6. The van der Waals surface area contributed by atoms with Gasteiger partial charge in [0.15, 0.2) is 5.84 Å². The van der Waals surface area contributed by atoms with E-state index in [4.69, 9.17) is 9.98 Å². The molecule has 0 radical (unpaired) electrons. The molecular formula is C62H44N4. The number of benzene rings is 10. The number of aromatic nitrogens is 2. The highest BCUT2D eigenvalue weighted by Gasteiger charge is 2.32. The van der Waals surface area contributed by atoms with E-state index in [1.54, 1.807) is 0 Å². The van der Waals surface area contributed by atoms with Crippen molar-refractivity contribution in [2.45, 2.75) is 19.4 Å². The quantitative estimate of drug-likeness (QED) is 0.153. The number of aliphatic imine (C=N–C) groups is 2. The van der Waals surface area contributed by atoms with Crippen molar-refractivity contribution in [3.63, 3.8) is 0 Å². The molecule has 13 rings (SSSR count). The molecule has 3 heterocycles. The van der Waals surface area contributed by atoms with E-state index in [-0.39, 0.29) is 12.0 Å². The third-order valence-corrected chi connectivity index (χ3v) is 13.9. The summed E-state index contributed by atoms with van der Waals surface area (Å²) in [5.41, 5.74) is 13.9. The molecule has 0 fully saturated rings. The molecule has 0 N–H and O–H groups in total. The van der Waals surface area contributed by atoms with Gasteiger partial charge in [0, 0.05) is 50.0 Å². The molecule has 0 bridgehead atoms. The van der Waals surface area contributed by atoms with Crippen LogP contribution in [0.5, 0.6) is 0 Å². The topological polar surface area (TPSA) is 34.6 Å². The molecule has 2 aromatic heterocycles. The van der Waals surface area contributed by atoms with Crippen LogP contribution in [0.2, 0.25) is 0 Å². The van der Waals surface area contributed by atoms with Gasteiger partial charge in [0.25, 0.3) is 0 Å². The van der Waals surface area contributed by atoms with E-state index >= 15 is 0 Å². The highest BCUT2D eigenvalue weighted by molar-refractivity contribution is 6.26. The third kappa shape index (κ3) is 6.06. The Morgan fingerprint density at radius 2 is 1.06 bits per heavy atom. The van der Waals surface area contributed by atoms with E-state index in [1.165, 1.54) is 81.8 Å². The second-order valence-corrected chi connectivity index (χ2v) is 17.6. The van der Waals surface area contributed by atoms with Crippen LogP contribution in [0, 0.1) is 5.92 Å². The zero-order valence-electron chi connectivity index (χ0n) is 36.5. The number of hydrogen-bond donors (Lipinski definition) is 0. The Bertz CT molecular complexity index is 3900. The Hall–Kier alpha value is -8.34. The fourth-order valence-electron chi connectivity index (χ4n) is 10.8. The van der Waals surface area contributed by atoms with E-state index < -0.39 is 0 Å². The minimum atomic E-state index is -0.0499. The molecular weight excluding hydrogens is 801 g/mol. The van der Waals surface area contributed by atoms with Crippen molar-refractivity contribution in [1.82, 2.24) is 9.13 Å². The zero-order valence-corrected chi connectivity index (χ0v) is 36.5. The predicted octanol–water partition coefficient (Wildman–Crippen LogP) is 15.9. The Balaban J connectivity index is 1.06. The lowest BCUT2D eigenvalue weighted by atomic mass is 9.82. The molecule has 12 aromatic rings. The van der Waals surface area contributed by atoms with E-state index in [9.17, 15) is 0 Å². The van der Waals surface area contributed by atoms with Crippen molar-refractivity contribution < 1.29 is 0 Å². The molecule has 0 amide bonds. The Morgan fingerprint density at radius 1 is 0.409 bits per heavy atom. The van der Waals surface area contributed by atoms with Crippen LogP contribution in [0.1, 0.15) is 36.1 Å². The number of hydrogen-bond acceptors (Lipinski definition) is 2. The first-order chi connectivity index (χ1) is 32.7. The summed E-state index contributed by atoms with van der Waals surface area (Å²) in [6.45, 7) is 2.27.